The molecular weight excluding hydrogens is 320 g/mol. The lowest BCUT2D eigenvalue weighted by Gasteiger charge is -2.28. The third-order valence-electron chi connectivity index (χ3n) is 5.33. The molecule has 0 radical (unpaired) electrons. The van der Waals surface area contributed by atoms with Gasteiger partial charge in [-0.25, -0.2) is 4.98 Å². The van der Waals surface area contributed by atoms with E-state index in [-0.39, 0.29) is 5.41 Å². The minimum absolute atomic E-state index is 0.0180. The minimum Gasteiger partial charge on any atom is -0.370 e. The van der Waals surface area contributed by atoms with E-state index in [2.05, 4.69) is 56.9 Å². The molecule has 4 rings (SSSR count). The Labute approximate surface area is 156 Å². The maximum Gasteiger partial charge on any atom is 0.160 e. The molecule has 1 aromatic carbocycles. The number of pyridine rings is 1. The van der Waals surface area contributed by atoms with Crippen LogP contribution < -0.4 is 4.90 Å². The van der Waals surface area contributed by atoms with E-state index in [1.165, 1.54) is 29.3 Å². The Morgan fingerprint density at radius 1 is 1.19 bits per heavy atom. The van der Waals surface area contributed by atoms with Gasteiger partial charge >= 0.3 is 0 Å². The number of benzene rings is 1. The highest BCUT2D eigenvalue weighted by Gasteiger charge is 2.30. The fourth-order valence-corrected chi connectivity index (χ4v) is 3.91. The lowest BCUT2D eigenvalue weighted by atomic mass is 9.89. The third-order valence-corrected chi connectivity index (χ3v) is 5.33. The molecule has 2 heterocycles. The Kier molecular flexibility index (Phi) is 4.17. The number of aryl methyl sites for hydroxylation is 1. The zero-order valence-electron chi connectivity index (χ0n) is 16.7. The molecule has 0 saturated heterocycles. The van der Waals surface area contributed by atoms with E-state index in [4.69, 9.17) is 10.1 Å². The van der Waals surface area contributed by atoms with Crippen molar-refractivity contribution < 1.29 is 0 Å². The first kappa shape index (κ1) is 17.3. The Morgan fingerprint density at radius 2 is 1.92 bits per heavy atom. The van der Waals surface area contributed by atoms with E-state index in [1.54, 1.807) is 0 Å². The molecule has 4 heteroatoms. The Bertz CT molecular complexity index is 944. The van der Waals surface area contributed by atoms with Crippen molar-refractivity contribution in [3.05, 3.63) is 30.0 Å². The molecule has 4 nitrogen and oxygen atoms in total. The van der Waals surface area contributed by atoms with Gasteiger partial charge in [0.15, 0.2) is 5.65 Å². The maximum absolute atomic E-state index is 4.98. The SMILES string of the molecule is CCCN(CC1CC1)c1c2ccccc2nc2c1c(C(C)(C)C)nn2C. The molecule has 2 aromatic heterocycles. The van der Waals surface area contributed by atoms with Gasteiger partial charge in [-0.2, -0.15) is 5.10 Å². The molecule has 0 unspecified atom stereocenters. The summed E-state index contributed by atoms with van der Waals surface area (Å²) in [6.45, 7) is 11.2. The summed E-state index contributed by atoms with van der Waals surface area (Å²) in [7, 11) is 2.02. The normalized spacial score (nSPS) is 15.1. The first-order valence-corrected chi connectivity index (χ1v) is 9.91. The number of rotatable bonds is 5. The predicted molar refractivity (Wildman–Crippen MR) is 110 cm³/mol. The second-order valence-electron chi connectivity index (χ2n) is 8.79. The Balaban J connectivity index is 2.07. The molecule has 0 aliphatic heterocycles. The highest BCUT2D eigenvalue weighted by molar-refractivity contribution is 6.08. The lowest BCUT2D eigenvalue weighted by molar-refractivity contribution is 0.557. The summed E-state index contributed by atoms with van der Waals surface area (Å²) in [6, 6.07) is 8.57. The molecule has 138 valence electrons. The fourth-order valence-electron chi connectivity index (χ4n) is 3.91. The summed E-state index contributed by atoms with van der Waals surface area (Å²) >= 11 is 0. The second-order valence-corrected chi connectivity index (χ2v) is 8.79. The van der Waals surface area contributed by atoms with Gasteiger partial charge in [-0.15, -0.1) is 0 Å². The van der Waals surface area contributed by atoms with Crippen LogP contribution >= 0.6 is 0 Å². The van der Waals surface area contributed by atoms with Crippen LogP contribution in [0.4, 0.5) is 5.69 Å². The van der Waals surface area contributed by atoms with Crippen molar-refractivity contribution in [1.82, 2.24) is 14.8 Å². The van der Waals surface area contributed by atoms with Crippen LogP contribution in [0.1, 0.15) is 52.7 Å². The van der Waals surface area contributed by atoms with Crippen LogP contribution in [0.3, 0.4) is 0 Å². The molecule has 0 bridgehead atoms. The van der Waals surface area contributed by atoms with Crippen LogP contribution in [0.2, 0.25) is 0 Å². The number of hydrogen-bond acceptors (Lipinski definition) is 3. The van der Waals surface area contributed by atoms with Crippen LogP contribution in [-0.4, -0.2) is 27.9 Å². The first-order valence-electron chi connectivity index (χ1n) is 9.91. The van der Waals surface area contributed by atoms with Gasteiger partial charge in [0.1, 0.15) is 0 Å². The summed E-state index contributed by atoms with van der Waals surface area (Å²) < 4.78 is 1.97. The number of fused-ring (bicyclic) bond motifs is 2. The highest BCUT2D eigenvalue weighted by Crippen LogP contribution is 2.41. The van der Waals surface area contributed by atoms with Crippen molar-refractivity contribution in [2.75, 3.05) is 18.0 Å². The highest BCUT2D eigenvalue weighted by atomic mass is 15.3. The summed E-state index contributed by atoms with van der Waals surface area (Å²) in [4.78, 5) is 7.60. The number of anilines is 1. The average Bonchev–Trinajstić information content (AvgIpc) is 3.34. The molecule has 3 aromatic rings. The smallest absolute Gasteiger partial charge is 0.160 e. The predicted octanol–water partition coefficient (Wildman–Crippen LogP) is 5.05. The van der Waals surface area contributed by atoms with E-state index in [9.17, 15) is 0 Å². The molecule has 1 fully saturated rings. The summed E-state index contributed by atoms with van der Waals surface area (Å²) in [5.74, 6) is 0.846. The van der Waals surface area contributed by atoms with Gasteiger partial charge in [-0.1, -0.05) is 45.9 Å². The fraction of sp³-hybridized carbons (Fsp3) is 0.545. The third kappa shape index (κ3) is 2.95. The summed E-state index contributed by atoms with van der Waals surface area (Å²) in [5.41, 5.74) is 4.55. The van der Waals surface area contributed by atoms with Gasteiger partial charge in [0, 0.05) is 30.9 Å². The van der Waals surface area contributed by atoms with Crippen LogP contribution in [0.5, 0.6) is 0 Å². The van der Waals surface area contributed by atoms with Gasteiger partial charge in [0.2, 0.25) is 0 Å². The van der Waals surface area contributed by atoms with Crippen LogP contribution in [0.25, 0.3) is 21.9 Å². The molecule has 1 saturated carbocycles. The van der Waals surface area contributed by atoms with Crippen molar-refractivity contribution in [2.45, 2.75) is 52.4 Å². The first-order chi connectivity index (χ1) is 12.4. The van der Waals surface area contributed by atoms with Gasteiger partial charge in [0.25, 0.3) is 0 Å². The standard InChI is InChI=1S/C22H30N4/c1-6-13-26(14-15-11-12-15)19-16-9-7-8-10-17(16)23-21-18(19)20(22(2,3)4)24-25(21)5/h7-10,15H,6,11-14H2,1-5H3. The molecule has 0 N–H and O–H groups in total. The molecule has 0 atom stereocenters. The van der Waals surface area contributed by atoms with Crippen molar-refractivity contribution >= 4 is 27.6 Å². The van der Waals surface area contributed by atoms with E-state index in [0.29, 0.717) is 0 Å². The van der Waals surface area contributed by atoms with E-state index < -0.39 is 0 Å². The molecule has 1 aliphatic carbocycles. The Morgan fingerprint density at radius 3 is 2.58 bits per heavy atom. The summed E-state index contributed by atoms with van der Waals surface area (Å²) in [5, 5.41) is 7.41. The van der Waals surface area contributed by atoms with Crippen LogP contribution in [0, 0.1) is 5.92 Å². The van der Waals surface area contributed by atoms with E-state index in [1.807, 2.05) is 11.7 Å². The van der Waals surface area contributed by atoms with Crippen LogP contribution in [0.15, 0.2) is 24.3 Å². The van der Waals surface area contributed by atoms with Crippen molar-refractivity contribution in [3.63, 3.8) is 0 Å². The van der Waals surface area contributed by atoms with Gasteiger partial charge in [-0.05, 0) is 31.2 Å². The van der Waals surface area contributed by atoms with Gasteiger partial charge in [0.05, 0.1) is 22.3 Å². The second kappa shape index (κ2) is 6.26. The number of hydrogen-bond donors (Lipinski definition) is 0. The molecule has 0 spiro atoms. The maximum atomic E-state index is 4.98. The lowest BCUT2D eigenvalue weighted by Crippen LogP contribution is -2.27. The number of para-hydroxylation sites is 1. The van der Waals surface area contributed by atoms with Gasteiger partial charge in [-0.3, -0.25) is 4.68 Å². The van der Waals surface area contributed by atoms with Crippen molar-refractivity contribution in [3.8, 4) is 0 Å². The zero-order valence-corrected chi connectivity index (χ0v) is 16.7. The van der Waals surface area contributed by atoms with Crippen molar-refractivity contribution in [1.29, 1.82) is 0 Å². The largest absolute Gasteiger partial charge is 0.370 e. The average molecular weight is 351 g/mol. The van der Waals surface area contributed by atoms with Gasteiger partial charge < -0.3 is 4.90 Å². The quantitative estimate of drug-likeness (QED) is 0.646. The molecular formula is C22H30N4. The topological polar surface area (TPSA) is 34.0 Å². The van der Waals surface area contributed by atoms with E-state index in [0.717, 1.165) is 42.3 Å². The van der Waals surface area contributed by atoms with Crippen LogP contribution in [-0.2, 0) is 12.5 Å². The zero-order chi connectivity index (χ0) is 18.5. The van der Waals surface area contributed by atoms with Crippen molar-refractivity contribution in [2.24, 2.45) is 13.0 Å². The minimum atomic E-state index is -0.0180. The monoisotopic (exact) mass is 350 g/mol. The summed E-state index contributed by atoms with van der Waals surface area (Å²) in [6.07, 6.45) is 3.88. The molecule has 1 aliphatic rings. The molecule has 26 heavy (non-hydrogen) atoms. The Hall–Kier alpha value is -2.10. The molecule has 0 amide bonds. The number of aromatic nitrogens is 3. The van der Waals surface area contributed by atoms with E-state index >= 15 is 0 Å². The number of nitrogens with zero attached hydrogens (tertiary/aromatic N) is 4.